The van der Waals surface area contributed by atoms with Crippen molar-refractivity contribution >= 4 is 33.9 Å². The van der Waals surface area contributed by atoms with Gasteiger partial charge in [0.25, 0.3) is 0 Å². The summed E-state index contributed by atoms with van der Waals surface area (Å²) in [5, 5.41) is 2.11. The molecule has 1 aromatic heterocycles. The minimum Gasteiger partial charge on any atom is -0.377 e. The van der Waals surface area contributed by atoms with E-state index in [9.17, 15) is 0 Å². The van der Waals surface area contributed by atoms with Crippen LogP contribution in [0.4, 0.5) is 0 Å². The van der Waals surface area contributed by atoms with E-state index in [4.69, 9.17) is 10.6 Å². The molecule has 1 unspecified atom stereocenters. The summed E-state index contributed by atoms with van der Waals surface area (Å²) >= 11 is 4.02. The maximum atomic E-state index is 5.52. The molecule has 0 bridgehead atoms. The molecule has 0 aliphatic rings. The fraction of sp³-hybridized carbons (Fsp3) is 0.556. The number of nitrogens with two attached hydrogens (primary N) is 1. The number of hydrogen-bond donors (Lipinski definition) is 2. The summed E-state index contributed by atoms with van der Waals surface area (Å²) in [7, 11) is 0. The Morgan fingerprint density at radius 3 is 2.79 bits per heavy atom. The van der Waals surface area contributed by atoms with E-state index in [2.05, 4.69) is 39.5 Å². The second-order valence-electron chi connectivity index (χ2n) is 3.29. The van der Waals surface area contributed by atoms with Gasteiger partial charge in [0, 0.05) is 0 Å². The lowest BCUT2D eigenvalue weighted by Crippen LogP contribution is -2.31. The molecule has 80 valence electrons. The van der Waals surface area contributed by atoms with Gasteiger partial charge in [0.15, 0.2) is 0 Å². The highest BCUT2D eigenvalue weighted by molar-refractivity contribution is 14.1. The SMILES string of the molecule is CC(C)OCC(NN)c1csc(I)c1. The summed E-state index contributed by atoms with van der Waals surface area (Å²) in [5.74, 6) is 5.47. The van der Waals surface area contributed by atoms with Crippen molar-refractivity contribution in [3.63, 3.8) is 0 Å². The standard InChI is InChI=1S/C9H15IN2OS/c1-6(2)13-4-8(12-11)7-3-9(10)14-5-7/h3,5-6,8,12H,4,11H2,1-2H3. The molecule has 1 heterocycles. The second-order valence-corrected chi connectivity index (χ2v) is 6.09. The van der Waals surface area contributed by atoms with E-state index < -0.39 is 0 Å². The number of nitrogens with one attached hydrogen (secondary N) is 1. The number of hydrogen-bond acceptors (Lipinski definition) is 4. The maximum Gasteiger partial charge on any atom is 0.0702 e. The van der Waals surface area contributed by atoms with Gasteiger partial charge in [0.05, 0.1) is 21.6 Å². The molecule has 1 aromatic rings. The normalized spacial score (nSPS) is 13.5. The molecule has 0 aliphatic carbocycles. The Morgan fingerprint density at radius 2 is 2.36 bits per heavy atom. The molecule has 1 rings (SSSR count). The minimum atomic E-state index is 0.0946. The van der Waals surface area contributed by atoms with Crippen molar-refractivity contribution in [2.24, 2.45) is 5.84 Å². The highest BCUT2D eigenvalue weighted by atomic mass is 127. The maximum absolute atomic E-state index is 5.52. The predicted molar refractivity (Wildman–Crippen MR) is 68.2 cm³/mol. The van der Waals surface area contributed by atoms with Crippen molar-refractivity contribution in [2.75, 3.05) is 6.61 Å². The van der Waals surface area contributed by atoms with Gasteiger partial charge in [0.1, 0.15) is 0 Å². The van der Waals surface area contributed by atoms with Crippen molar-refractivity contribution in [3.8, 4) is 0 Å². The van der Waals surface area contributed by atoms with E-state index in [0.29, 0.717) is 6.61 Å². The summed E-state index contributed by atoms with van der Waals surface area (Å²) in [6.07, 6.45) is 0.239. The van der Waals surface area contributed by atoms with Crippen LogP contribution in [-0.2, 0) is 4.74 Å². The molecular formula is C9H15IN2OS. The number of rotatable bonds is 5. The topological polar surface area (TPSA) is 47.3 Å². The van der Waals surface area contributed by atoms with Crippen LogP contribution in [0.2, 0.25) is 0 Å². The Kier molecular flexibility index (Phi) is 5.32. The lowest BCUT2D eigenvalue weighted by atomic mass is 10.2. The Labute approximate surface area is 102 Å². The zero-order valence-corrected chi connectivity index (χ0v) is 11.3. The van der Waals surface area contributed by atoms with E-state index in [1.54, 1.807) is 11.3 Å². The summed E-state index contributed by atoms with van der Waals surface area (Å²) in [4.78, 5) is 0. The van der Waals surface area contributed by atoms with E-state index in [1.807, 2.05) is 13.8 Å². The molecule has 3 N–H and O–H groups in total. The summed E-state index contributed by atoms with van der Waals surface area (Å²) in [6.45, 7) is 4.65. The first-order valence-electron chi connectivity index (χ1n) is 4.45. The molecule has 1 atom stereocenters. The highest BCUT2D eigenvalue weighted by Gasteiger charge is 2.12. The van der Waals surface area contributed by atoms with Crippen LogP contribution in [0.3, 0.4) is 0 Å². The molecule has 14 heavy (non-hydrogen) atoms. The summed E-state index contributed by atoms with van der Waals surface area (Å²) in [6, 6.07) is 2.22. The zero-order valence-electron chi connectivity index (χ0n) is 8.29. The smallest absolute Gasteiger partial charge is 0.0702 e. The Morgan fingerprint density at radius 1 is 1.64 bits per heavy atom. The van der Waals surface area contributed by atoms with E-state index in [-0.39, 0.29) is 12.1 Å². The molecule has 0 spiro atoms. The third kappa shape index (κ3) is 3.82. The molecule has 0 fully saturated rings. The van der Waals surface area contributed by atoms with Crippen molar-refractivity contribution in [1.82, 2.24) is 5.43 Å². The van der Waals surface area contributed by atoms with Crippen molar-refractivity contribution < 1.29 is 4.74 Å². The molecule has 3 nitrogen and oxygen atoms in total. The van der Waals surface area contributed by atoms with Crippen molar-refractivity contribution in [2.45, 2.75) is 26.0 Å². The average molecular weight is 326 g/mol. The average Bonchev–Trinajstić information content (AvgIpc) is 2.53. The van der Waals surface area contributed by atoms with Crippen LogP contribution in [0.1, 0.15) is 25.5 Å². The van der Waals surface area contributed by atoms with Crippen LogP contribution in [0.5, 0.6) is 0 Å². The van der Waals surface area contributed by atoms with Gasteiger partial charge in [-0.2, -0.15) is 0 Å². The van der Waals surface area contributed by atoms with Crippen LogP contribution in [0, 0.1) is 2.88 Å². The van der Waals surface area contributed by atoms with E-state index in [0.717, 1.165) is 0 Å². The predicted octanol–water partition coefficient (Wildman–Crippen LogP) is 2.28. The molecule has 0 aromatic carbocycles. The van der Waals surface area contributed by atoms with Crippen molar-refractivity contribution in [3.05, 3.63) is 19.9 Å². The number of ether oxygens (including phenoxy) is 1. The number of hydrazine groups is 1. The third-order valence-corrected chi connectivity index (χ3v) is 3.59. The Bertz CT molecular complexity index is 278. The largest absolute Gasteiger partial charge is 0.377 e. The molecule has 0 saturated heterocycles. The van der Waals surface area contributed by atoms with Gasteiger partial charge >= 0.3 is 0 Å². The van der Waals surface area contributed by atoms with E-state index in [1.165, 1.54) is 8.45 Å². The molecule has 0 aliphatic heterocycles. The fourth-order valence-electron chi connectivity index (χ4n) is 1.04. The third-order valence-electron chi connectivity index (χ3n) is 1.79. The monoisotopic (exact) mass is 326 g/mol. The number of halogens is 1. The first-order chi connectivity index (χ1) is 6.63. The van der Waals surface area contributed by atoms with Gasteiger partial charge in [0.2, 0.25) is 0 Å². The summed E-state index contributed by atoms with van der Waals surface area (Å²) < 4.78 is 6.78. The fourth-order valence-corrected chi connectivity index (χ4v) is 2.46. The molecule has 5 heteroatoms. The minimum absolute atomic E-state index is 0.0946. The van der Waals surface area contributed by atoms with Crippen LogP contribution in [0.15, 0.2) is 11.4 Å². The first-order valence-corrected chi connectivity index (χ1v) is 6.41. The second kappa shape index (κ2) is 6.02. The molecule has 0 amide bonds. The number of thiophene rings is 1. The van der Waals surface area contributed by atoms with Crippen LogP contribution >= 0.6 is 33.9 Å². The highest BCUT2D eigenvalue weighted by Crippen LogP contribution is 2.22. The molecule has 0 saturated carbocycles. The van der Waals surface area contributed by atoms with Gasteiger partial charge in [-0.15, -0.1) is 11.3 Å². The molecule has 0 radical (unpaired) electrons. The van der Waals surface area contributed by atoms with Gasteiger partial charge in [-0.1, -0.05) is 0 Å². The quantitative estimate of drug-likeness (QED) is 0.496. The van der Waals surface area contributed by atoms with Gasteiger partial charge in [-0.3, -0.25) is 11.3 Å². The van der Waals surface area contributed by atoms with Crippen LogP contribution in [0.25, 0.3) is 0 Å². The van der Waals surface area contributed by atoms with Crippen LogP contribution in [-0.4, -0.2) is 12.7 Å². The van der Waals surface area contributed by atoms with Gasteiger partial charge in [-0.25, -0.2) is 0 Å². The zero-order chi connectivity index (χ0) is 10.6. The lowest BCUT2D eigenvalue weighted by molar-refractivity contribution is 0.0612. The van der Waals surface area contributed by atoms with Crippen molar-refractivity contribution in [1.29, 1.82) is 0 Å². The Hall–Kier alpha value is 0.310. The summed E-state index contributed by atoms with van der Waals surface area (Å²) in [5.41, 5.74) is 3.96. The van der Waals surface area contributed by atoms with Gasteiger partial charge < -0.3 is 4.74 Å². The first kappa shape index (κ1) is 12.4. The Balaban J connectivity index is 2.54. The molecular weight excluding hydrogens is 311 g/mol. The van der Waals surface area contributed by atoms with Gasteiger partial charge in [-0.05, 0) is 53.4 Å². The lowest BCUT2D eigenvalue weighted by Gasteiger charge is -2.16. The van der Waals surface area contributed by atoms with Crippen LogP contribution < -0.4 is 11.3 Å². The van der Waals surface area contributed by atoms with E-state index >= 15 is 0 Å².